The molecule has 0 radical (unpaired) electrons. The number of benzene rings is 1. The van der Waals surface area contributed by atoms with Gasteiger partial charge in [0.25, 0.3) is 0 Å². The van der Waals surface area contributed by atoms with Crippen LogP contribution in [-0.2, 0) is 13.1 Å². The average molecular weight is 304 g/mol. The lowest BCUT2D eigenvalue weighted by molar-refractivity contribution is -0.0505. The zero-order chi connectivity index (χ0) is 14.5. The SMILES string of the molecule is Cc1nc(CNCc2cc(Cl)ccc2OC(F)F)no1. The van der Waals surface area contributed by atoms with E-state index in [0.29, 0.717) is 28.8 Å². The maximum atomic E-state index is 12.3. The molecule has 8 heteroatoms. The van der Waals surface area contributed by atoms with Crippen molar-refractivity contribution in [2.45, 2.75) is 26.6 Å². The molecule has 0 unspecified atom stereocenters. The van der Waals surface area contributed by atoms with Crippen molar-refractivity contribution >= 4 is 11.6 Å². The average Bonchev–Trinajstić information content (AvgIpc) is 2.78. The van der Waals surface area contributed by atoms with E-state index in [4.69, 9.17) is 16.1 Å². The Balaban J connectivity index is 1.98. The summed E-state index contributed by atoms with van der Waals surface area (Å²) in [6, 6.07) is 4.46. The minimum atomic E-state index is -2.88. The van der Waals surface area contributed by atoms with E-state index >= 15 is 0 Å². The molecule has 0 fully saturated rings. The summed E-state index contributed by atoms with van der Waals surface area (Å²) in [6.45, 7) is -0.564. The quantitative estimate of drug-likeness (QED) is 0.889. The number of halogens is 3. The van der Waals surface area contributed by atoms with Crippen molar-refractivity contribution in [2.75, 3.05) is 0 Å². The van der Waals surface area contributed by atoms with Crippen molar-refractivity contribution in [2.24, 2.45) is 0 Å². The van der Waals surface area contributed by atoms with Crippen molar-refractivity contribution in [1.82, 2.24) is 15.5 Å². The van der Waals surface area contributed by atoms with Crippen LogP contribution in [0.5, 0.6) is 5.75 Å². The van der Waals surface area contributed by atoms with Gasteiger partial charge in [-0.05, 0) is 18.2 Å². The van der Waals surface area contributed by atoms with Crippen LogP contribution in [-0.4, -0.2) is 16.8 Å². The Bertz CT molecular complexity index is 578. The molecule has 0 bridgehead atoms. The second kappa shape index (κ2) is 6.62. The predicted molar refractivity (Wildman–Crippen MR) is 67.7 cm³/mol. The van der Waals surface area contributed by atoms with E-state index in [0.717, 1.165) is 0 Å². The number of alkyl halides is 2. The van der Waals surface area contributed by atoms with Gasteiger partial charge < -0.3 is 14.6 Å². The van der Waals surface area contributed by atoms with E-state index < -0.39 is 6.61 Å². The van der Waals surface area contributed by atoms with Gasteiger partial charge in [-0.25, -0.2) is 0 Å². The number of nitrogens with zero attached hydrogens (tertiary/aromatic N) is 2. The molecule has 0 atom stereocenters. The number of ether oxygens (including phenoxy) is 1. The first kappa shape index (κ1) is 14.7. The van der Waals surface area contributed by atoms with Gasteiger partial charge in [-0.3, -0.25) is 0 Å². The summed E-state index contributed by atoms with van der Waals surface area (Å²) in [5.41, 5.74) is 0.526. The minimum Gasteiger partial charge on any atom is -0.434 e. The lowest BCUT2D eigenvalue weighted by Crippen LogP contribution is -2.15. The van der Waals surface area contributed by atoms with Gasteiger partial charge in [0.05, 0.1) is 6.54 Å². The Morgan fingerprint density at radius 2 is 2.20 bits per heavy atom. The first-order valence-electron chi connectivity index (χ1n) is 5.78. The molecule has 2 aromatic rings. The number of nitrogens with one attached hydrogen (secondary N) is 1. The van der Waals surface area contributed by atoms with E-state index in [9.17, 15) is 8.78 Å². The Labute approximate surface area is 118 Å². The fourth-order valence-corrected chi connectivity index (χ4v) is 1.81. The maximum absolute atomic E-state index is 12.3. The summed E-state index contributed by atoms with van der Waals surface area (Å²) in [5, 5.41) is 7.16. The normalized spacial score (nSPS) is 11.1. The molecule has 2 rings (SSSR count). The first-order valence-corrected chi connectivity index (χ1v) is 6.15. The third-order valence-electron chi connectivity index (χ3n) is 2.41. The van der Waals surface area contributed by atoms with Gasteiger partial charge in [0, 0.05) is 24.1 Å². The number of hydrogen-bond acceptors (Lipinski definition) is 5. The molecule has 0 amide bonds. The second-order valence-electron chi connectivity index (χ2n) is 3.96. The topological polar surface area (TPSA) is 60.2 Å². The van der Waals surface area contributed by atoms with Crippen molar-refractivity contribution in [3.63, 3.8) is 0 Å². The molecule has 0 aliphatic heterocycles. The van der Waals surface area contributed by atoms with Gasteiger partial charge >= 0.3 is 6.61 Å². The van der Waals surface area contributed by atoms with Gasteiger partial charge in [-0.1, -0.05) is 16.8 Å². The Hall–Kier alpha value is -1.73. The lowest BCUT2D eigenvalue weighted by atomic mass is 10.2. The zero-order valence-electron chi connectivity index (χ0n) is 10.6. The Morgan fingerprint density at radius 3 is 2.85 bits per heavy atom. The summed E-state index contributed by atoms with van der Waals surface area (Å²) >= 11 is 5.84. The van der Waals surface area contributed by atoms with E-state index in [1.54, 1.807) is 13.0 Å². The molecule has 0 aliphatic rings. The summed E-state index contributed by atoms with van der Waals surface area (Å²) in [5.74, 6) is 1.04. The highest BCUT2D eigenvalue weighted by Crippen LogP contribution is 2.24. The highest BCUT2D eigenvalue weighted by Gasteiger charge is 2.10. The molecule has 1 heterocycles. The smallest absolute Gasteiger partial charge is 0.387 e. The van der Waals surface area contributed by atoms with E-state index in [-0.39, 0.29) is 12.3 Å². The number of aryl methyl sites for hydroxylation is 1. The summed E-state index contributed by atoms with van der Waals surface area (Å²) in [7, 11) is 0. The van der Waals surface area contributed by atoms with Crippen LogP contribution >= 0.6 is 11.6 Å². The van der Waals surface area contributed by atoms with Crippen molar-refractivity contribution < 1.29 is 18.0 Å². The van der Waals surface area contributed by atoms with Gasteiger partial charge in [-0.15, -0.1) is 0 Å². The minimum absolute atomic E-state index is 0.0844. The zero-order valence-corrected chi connectivity index (χ0v) is 11.3. The molecular weight excluding hydrogens is 292 g/mol. The van der Waals surface area contributed by atoms with E-state index in [1.807, 2.05) is 0 Å². The van der Waals surface area contributed by atoms with Crippen LogP contribution in [0.15, 0.2) is 22.7 Å². The van der Waals surface area contributed by atoms with Gasteiger partial charge in [0.2, 0.25) is 5.89 Å². The first-order chi connectivity index (χ1) is 9.54. The van der Waals surface area contributed by atoms with E-state index in [2.05, 4.69) is 20.2 Å². The molecule has 108 valence electrons. The number of aromatic nitrogens is 2. The van der Waals surface area contributed by atoms with E-state index in [1.165, 1.54) is 12.1 Å². The van der Waals surface area contributed by atoms with Crippen LogP contribution in [0, 0.1) is 6.92 Å². The molecule has 1 aromatic carbocycles. The molecule has 20 heavy (non-hydrogen) atoms. The Kier molecular flexibility index (Phi) is 4.86. The van der Waals surface area contributed by atoms with Crippen molar-refractivity contribution in [3.8, 4) is 5.75 Å². The second-order valence-corrected chi connectivity index (χ2v) is 4.40. The van der Waals surface area contributed by atoms with Crippen LogP contribution in [0.1, 0.15) is 17.3 Å². The highest BCUT2D eigenvalue weighted by molar-refractivity contribution is 6.30. The maximum Gasteiger partial charge on any atom is 0.387 e. The van der Waals surface area contributed by atoms with Crippen LogP contribution < -0.4 is 10.1 Å². The van der Waals surface area contributed by atoms with Crippen LogP contribution in [0.4, 0.5) is 8.78 Å². The van der Waals surface area contributed by atoms with Gasteiger partial charge in [-0.2, -0.15) is 13.8 Å². The molecule has 1 N–H and O–H groups in total. The van der Waals surface area contributed by atoms with Crippen LogP contribution in [0.25, 0.3) is 0 Å². The molecular formula is C12H12ClF2N3O2. The van der Waals surface area contributed by atoms with Crippen molar-refractivity contribution in [1.29, 1.82) is 0 Å². The van der Waals surface area contributed by atoms with Crippen molar-refractivity contribution in [3.05, 3.63) is 40.5 Å². The molecule has 1 aromatic heterocycles. The van der Waals surface area contributed by atoms with Crippen LogP contribution in [0.3, 0.4) is 0 Å². The van der Waals surface area contributed by atoms with Crippen LogP contribution in [0.2, 0.25) is 5.02 Å². The molecule has 5 nitrogen and oxygen atoms in total. The highest BCUT2D eigenvalue weighted by atomic mass is 35.5. The Morgan fingerprint density at radius 1 is 1.40 bits per heavy atom. The monoisotopic (exact) mass is 303 g/mol. The lowest BCUT2D eigenvalue weighted by Gasteiger charge is -2.11. The number of hydrogen-bond donors (Lipinski definition) is 1. The summed E-state index contributed by atoms with van der Waals surface area (Å²) < 4.78 is 33.8. The standard InChI is InChI=1S/C12H12ClF2N3O2/c1-7-17-11(18-20-7)6-16-5-8-4-9(13)2-3-10(8)19-12(14)15/h2-4,12,16H,5-6H2,1H3. The molecule has 0 saturated heterocycles. The summed E-state index contributed by atoms with van der Waals surface area (Å²) in [6.07, 6.45) is 0. The fourth-order valence-electron chi connectivity index (χ4n) is 1.62. The fraction of sp³-hybridized carbons (Fsp3) is 0.333. The number of rotatable bonds is 6. The predicted octanol–water partition coefficient (Wildman–Crippen LogP) is 2.92. The molecule has 0 aliphatic carbocycles. The third-order valence-corrected chi connectivity index (χ3v) is 2.64. The largest absolute Gasteiger partial charge is 0.434 e. The summed E-state index contributed by atoms with van der Waals surface area (Å²) in [4.78, 5) is 4.01. The van der Waals surface area contributed by atoms with Gasteiger partial charge in [0.15, 0.2) is 5.82 Å². The molecule has 0 saturated carbocycles. The molecule has 0 spiro atoms. The van der Waals surface area contributed by atoms with Gasteiger partial charge in [0.1, 0.15) is 5.75 Å². The third kappa shape index (κ3) is 4.14.